The minimum Gasteiger partial charge on any atom is -0.275 e. The molecule has 0 spiro atoms. The Kier molecular flexibility index (Phi) is 2.75. The van der Waals surface area contributed by atoms with E-state index in [2.05, 4.69) is 45.5 Å². The minimum atomic E-state index is 0.746. The number of nitrogens with zero attached hydrogens (tertiary/aromatic N) is 2. The number of hydrogen-bond acceptors (Lipinski definition) is 2. The van der Waals surface area contributed by atoms with E-state index in [-0.39, 0.29) is 0 Å². The predicted molar refractivity (Wildman–Crippen MR) is 84.8 cm³/mol. The number of nitrogens with one attached hydrogen (secondary N) is 1. The zero-order valence-corrected chi connectivity index (χ0v) is 11.3. The molecule has 0 saturated carbocycles. The van der Waals surface area contributed by atoms with Crippen molar-refractivity contribution in [1.82, 2.24) is 15.2 Å². The molecule has 0 aliphatic rings. The van der Waals surface area contributed by atoms with Gasteiger partial charge in [-0.15, -0.1) is 0 Å². The van der Waals surface area contributed by atoms with Gasteiger partial charge < -0.3 is 0 Å². The highest BCUT2D eigenvalue weighted by molar-refractivity contribution is 5.91. The van der Waals surface area contributed by atoms with E-state index in [0.717, 1.165) is 33.5 Å². The number of rotatable bonds is 2. The third-order valence-electron chi connectivity index (χ3n) is 3.55. The lowest BCUT2D eigenvalue weighted by Gasteiger charge is -2.01. The lowest BCUT2D eigenvalue weighted by atomic mass is 10.1. The Morgan fingerprint density at radius 1 is 0.667 bits per heavy atom. The molecule has 0 bridgehead atoms. The molecule has 2 aromatic heterocycles. The molecule has 4 aromatic rings. The monoisotopic (exact) mass is 271 g/mol. The predicted octanol–water partition coefficient (Wildman–Crippen LogP) is 4.29. The number of pyridine rings is 1. The standard InChI is InChI=1S/C18H13N3/c1-3-7-13(8-4-1)16-12-11-15-17(20-21-18(15)19-16)14-9-5-2-6-10-14/h1-12H,(H,19,20,21). The van der Waals surface area contributed by atoms with Gasteiger partial charge in [0.2, 0.25) is 0 Å². The van der Waals surface area contributed by atoms with Crippen LogP contribution in [-0.4, -0.2) is 15.2 Å². The Morgan fingerprint density at radius 3 is 2.05 bits per heavy atom. The van der Waals surface area contributed by atoms with E-state index in [1.807, 2.05) is 42.5 Å². The topological polar surface area (TPSA) is 41.6 Å². The van der Waals surface area contributed by atoms with Crippen LogP contribution in [0.25, 0.3) is 33.5 Å². The number of aromatic amines is 1. The maximum atomic E-state index is 4.65. The van der Waals surface area contributed by atoms with E-state index >= 15 is 0 Å². The van der Waals surface area contributed by atoms with Gasteiger partial charge >= 0.3 is 0 Å². The summed E-state index contributed by atoms with van der Waals surface area (Å²) >= 11 is 0. The summed E-state index contributed by atoms with van der Waals surface area (Å²) in [4.78, 5) is 4.65. The van der Waals surface area contributed by atoms with Gasteiger partial charge in [-0.25, -0.2) is 4.98 Å². The number of benzene rings is 2. The molecule has 4 rings (SSSR count). The molecular weight excluding hydrogens is 258 g/mol. The Hall–Kier alpha value is -2.94. The second-order valence-corrected chi connectivity index (χ2v) is 4.90. The first kappa shape index (κ1) is 11.9. The molecule has 100 valence electrons. The van der Waals surface area contributed by atoms with Gasteiger partial charge in [0.25, 0.3) is 0 Å². The Morgan fingerprint density at radius 2 is 1.33 bits per heavy atom. The lowest BCUT2D eigenvalue weighted by molar-refractivity contribution is 1.10. The molecule has 0 fully saturated rings. The SMILES string of the molecule is c1ccc(-c2ccc3c(-c4ccccc4)[nH]nc3n2)cc1. The Bertz CT molecular complexity index is 880. The second-order valence-electron chi connectivity index (χ2n) is 4.90. The van der Waals surface area contributed by atoms with Crippen LogP contribution in [0, 0.1) is 0 Å². The van der Waals surface area contributed by atoms with Crippen LogP contribution in [0.3, 0.4) is 0 Å². The fourth-order valence-electron chi connectivity index (χ4n) is 2.49. The van der Waals surface area contributed by atoms with E-state index in [0.29, 0.717) is 0 Å². The van der Waals surface area contributed by atoms with Crippen LogP contribution < -0.4 is 0 Å². The van der Waals surface area contributed by atoms with Crippen molar-refractivity contribution in [2.45, 2.75) is 0 Å². The molecule has 21 heavy (non-hydrogen) atoms. The van der Waals surface area contributed by atoms with Crippen LogP contribution in [0.15, 0.2) is 72.8 Å². The molecule has 0 unspecified atom stereocenters. The summed E-state index contributed by atoms with van der Waals surface area (Å²) in [5, 5.41) is 8.48. The third-order valence-corrected chi connectivity index (χ3v) is 3.55. The molecular formula is C18H13N3. The molecule has 2 heterocycles. The first-order chi connectivity index (χ1) is 10.4. The number of fused-ring (bicyclic) bond motifs is 1. The molecule has 2 aromatic carbocycles. The van der Waals surface area contributed by atoms with Gasteiger partial charge in [-0.1, -0.05) is 60.7 Å². The summed E-state index contributed by atoms with van der Waals surface area (Å²) in [5.74, 6) is 0. The molecule has 0 amide bonds. The Balaban J connectivity index is 1.85. The zero-order valence-electron chi connectivity index (χ0n) is 11.3. The van der Waals surface area contributed by atoms with Gasteiger partial charge in [0, 0.05) is 16.5 Å². The van der Waals surface area contributed by atoms with Gasteiger partial charge in [-0.05, 0) is 12.1 Å². The van der Waals surface area contributed by atoms with Gasteiger partial charge in [0.05, 0.1) is 11.4 Å². The van der Waals surface area contributed by atoms with Crippen molar-refractivity contribution in [1.29, 1.82) is 0 Å². The molecule has 0 aliphatic heterocycles. The quantitative estimate of drug-likeness (QED) is 0.591. The summed E-state index contributed by atoms with van der Waals surface area (Å²) in [5.41, 5.74) is 4.92. The van der Waals surface area contributed by atoms with E-state index in [4.69, 9.17) is 0 Å². The van der Waals surface area contributed by atoms with Gasteiger partial charge in [-0.2, -0.15) is 5.10 Å². The molecule has 3 nitrogen and oxygen atoms in total. The highest BCUT2D eigenvalue weighted by Crippen LogP contribution is 2.27. The maximum absolute atomic E-state index is 4.65. The maximum Gasteiger partial charge on any atom is 0.182 e. The summed E-state index contributed by atoms with van der Waals surface area (Å²) in [6.45, 7) is 0. The molecule has 0 aliphatic carbocycles. The molecule has 3 heteroatoms. The van der Waals surface area contributed by atoms with Gasteiger partial charge in [0.1, 0.15) is 0 Å². The lowest BCUT2D eigenvalue weighted by Crippen LogP contribution is -1.84. The fourth-order valence-corrected chi connectivity index (χ4v) is 2.49. The van der Waals surface area contributed by atoms with Crippen molar-refractivity contribution in [3.8, 4) is 22.5 Å². The zero-order chi connectivity index (χ0) is 14.1. The molecule has 0 saturated heterocycles. The summed E-state index contributed by atoms with van der Waals surface area (Å²) in [7, 11) is 0. The van der Waals surface area contributed by atoms with Crippen LogP contribution in [0.1, 0.15) is 0 Å². The van der Waals surface area contributed by atoms with Crippen LogP contribution >= 0.6 is 0 Å². The molecule has 0 atom stereocenters. The van der Waals surface area contributed by atoms with Crippen LogP contribution in [0.5, 0.6) is 0 Å². The molecule has 0 radical (unpaired) electrons. The highest BCUT2D eigenvalue weighted by Gasteiger charge is 2.09. The normalized spacial score (nSPS) is 10.9. The smallest absolute Gasteiger partial charge is 0.182 e. The minimum absolute atomic E-state index is 0.746. The van der Waals surface area contributed by atoms with Crippen molar-refractivity contribution in [3.05, 3.63) is 72.8 Å². The fraction of sp³-hybridized carbons (Fsp3) is 0. The highest BCUT2D eigenvalue weighted by atomic mass is 15.1. The summed E-state index contributed by atoms with van der Waals surface area (Å²) in [6.07, 6.45) is 0. The first-order valence-corrected chi connectivity index (χ1v) is 6.88. The van der Waals surface area contributed by atoms with Crippen LogP contribution in [-0.2, 0) is 0 Å². The average Bonchev–Trinajstić information content (AvgIpc) is 2.99. The Labute approximate surface area is 122 Å². The van der Waals surface area contributed by atoms with E-state index in [1.54, 1.807) is 0 Å². The van der Waals surface area contributed by atoms with Crippen molar-refractivity contribution in [2.75, 3.05) is 0 Å². The van der Waals surface area contributed by atoms with Crippen LogP contribution in [0.2, 0.25) is 0 Å². The third kappa shape index (κ3) is 2.09. The van der Waals surface area contributed by atoms with E-state index in [9.17, 15) is 0 Å². The van der Waals surface area contributed by atoms with Crippen molar-refractivity contribution < 1.29 is 0 Å². The van der Waals surface area contributed by atoms with Crippen LogP contribution in [0.4, 0.5) is 0 Å². The number of H-pyrrole nitrogens is 1. The van der Waals surface area contributed by atoms with Gasteiger partial charge in [0.15, 0.2) is 5.65 Å². The van der Waals surface area contributed by atoms with Crippen molar-refractivity contribution in [2.24, 2.45) is 0 Å². The van der Waals surface area contributed by atoms with Crippen molar-refractivity contribution >= 4 is 11.0 Å². The first-order valence-electron chi connectivity index (χ1n) is 6.88. The number of aromatic nitrogens is 3. The largest absolute Gasteiger partial charge is 0.275 e. The summed E-state index contributed by atoms with van der Waals surface area (Å²) in [6, 6.07) is 24.5. The molecule has 1 N–H and O–H groups in total. The number of hydrogen-bond donors (Lipinski definition) is 1. The van der Waals surface area contributed by atoms with E-state index in [1.165, 1.54) is 0 Å². The average molecular weight is 271 g/mol. The van der Waals surface area contributed by atoms with E-state index < -0.39 is 0 Å². The van der Waals surface area contributed by atoms with Crippen molar-refractivity contribution in [3.63, 3.8) is 0 Å². The second kappa shape index (κ2) is 4.87. The van der Waals surface area contributed by atoms with Gasteiger partial charge in [-0.3, -0.25) is 5.10 Å². The summed E-state index contributed by atoms with van der Waals surface area (Å²) < 4.78 is 0.